The molecule has 0 fully saturated rings. The molecule has 0 spiro atoms. The van der Waals surface area contributed by atoms with E-state index < -0.39 is 0 Å². The highest BCUT2D eigenvalue weighted by molar-refractivity contribution is 5.91. The quantitative estimate of drug-likeness (QED) is 0.670. The highest BCUT2D eigenvalue weighted by atomic mass is 16.5. The first-order valence-corrected chi connectivity index (χ1v) is 6.86. The summed E-state index contributed by atoms with van der Waals surface area (Å²) in [5, 5.41) is 14.2. The van der Waals surface area contributed by atoms with Crippen molar-refractivity contribution in [1.29, 1.82) is 0 Å². The molecule has 0 heterocycles. The third kappa shape index (κ3) is 5.59. The molecule has 0 aromatic heterocycles. The number of benzene rings is 1. The van der Waals surface area contributed by atoms with Gasteiger partial charge in [-0.15, -0.1) is 0 Å². The number of anilines is 1. The Balaban J connectivity index is 2.36. The first kappa shape index (κ1) is 16.5. The minimum atomic E-state index is -0.206. The van der Waals surface area contributed by atoms with Gasteiger partial charge in [0.15, 0.2) is 0 Å². The lowest BCUT2D eigenvalue weighted by atomic mass is 10.1. The molecule has 0 bridgehead atoms. The van der Waals surface area contributed by atoms with Crippen LogP contribution in [0.3, 0.4) is 0 Å². The molecule has 1 aromatic carbocycles. The average Bonchev–Trinajstić information content (AvgIpc) is 2.38. The second kappa shape index (κ2) is 8.55. The summed E-state index contributed by atoms with van der Waals surface area (Å²) in [7, 11) is 0. The lowest BCUT2D eigenvalue weighted by Crippen LogP contribution is -2.30. The normalized spacial score (nSPS) is 10.4. The summed E-state index contributed by atoms with van der Waals surface area (Å²) in [6.45, 7) is 7.45. The van der Waals surface area contributed by atoms with Crippen molar-refractivity contribution < 1.29 is 14.6 Å². The predicted octanol–water partition coefficient (Wildman–Crippen LogP) is 2.13. The highest BCUT2D eigenvalue weighted by Gasteiger charge is 2.07. The second-order valence-electron chi connectivity index (χ2n) is 4.84. The SMILES string of the molecule is Cc1cc(C)c(NC(=O)NCCCOCCO)c(C)c1. The molecule has 112 valence electrons. The van der Waals surface area contributed by atoms with Crippen LogP contribution in [0.25, 0.3) is 0 Å². The van der Waals surface area contributed by atoms with Crippen LogP contribution >= 0.6 is 0 Å². The van der Waals surface area contributed by atoms with Gasteiger partial charge < -0.3 is 20.5 Å². The summed E-state index contributed by atoms with van der Waals surface area (Å²) in [6, 6.07) is 3.89. The molecule has 0 atom stereocenters. The molecule has 3 N–H and O–H groups in total. The van der Waals surface area contributed by atoms with Gasteiger partial charge in [-0.25, -0.2) is 4.79 Å². The van der Waals surface area contributed by atoms with Crippen LogP contribution in [0.2, 0.25) is 0 Å². The van der Waals surface area contributed by atoms with E-state index in [2.05, 4.69) is 10.6 Å². The highest BCUT2D eigenvalue weighted by Crippen LogP contribution is 2.21. The molecule has 0 saturated heterocycles. The Morgan fingerprint density at radius 1 is 1.20 bits per heavy atom. The van der Waals surface area contributed by atoms with Gasteiger partial charge in [0, 0.05) is 18.8 Å². The van der Waals surface area contributed by atoms with Gasteiger partial charge in [-0.2, -0.15) is 0 Å². The maximum Gasteiger partial charge on any atom is 0.319 e. The maximum atomic E-state index is 11.8. The Labute approximate surface area is 120 Å². The molecule has 0 radical (unpaired) electrons. The Hall–Kier alpha value is -1.59. The molecule has 5 nitrogen and oxygen atoms in total. The number of rotatable bonds is 7. The standard InChI is InChI=1S/C15H24N2O3/c1-11-9-12(2)14(13(3)10-11)17-15(19)16-5-4-7-20-8-6-18/h9-10,18H,4-8H2,1-3H3,(H2,16,17,19). The lowest BCUT2D eigenvalue weighted by Gasteiger charge is -2.13. The van der Waals surface area contributed by atoms with Crippen molar-refractivity contribution in [2.24, 2.45) is 0 Å². The van der Waals surface area contributed by atoms with Crippen LogP contribution in [-0.2, 0) is 4.74 Å². The van der Waals surface area contributed by atoms with Crippen LogP contribution < -0.4 is 10.6 Å². The first-order valence-electron chi connectivity index (χ1n) is 6.86. The molecule has 2 amide bonds. The van der Waals surface area contributed by atoms with Gasteiger partial charge in [0.25, 0.3) is 0 Å². The van der Waals surface area contributed by atoms with Crippen LogP contribution in [0.4, 0.5) is 10.5 Å². The summed E-state index contributed by atoms with van der Waals surface area (Å²) >= 11 is 0. The molecular formula is C15H24N2O3. The summed E-state index contributed by atoms with van der Waals surface area (Å²) in [5.74, 6) is 0. The third-order valence-corrected chi connectivity index (χ3v) is 2.90. The topological polar surface area (TPSA) is 70.6 Å². The minimum Gasteiger partial charge on any atom is -0.394 e. The summed E-state index contributed by atoms with van der Waals surface area (Å²) in [4.78, 5) is 11.8. The van der Waals surface area contributed by atoms with Crippen LogP contribution in [-0.4, -0.2) is 37.5 Å². The molecule has 0 aliphatic rings. The Morgan fingerprint density at radius 2 is 1.85 bits per heavy atom. The lowest BCUT2D eigenvalue weighted by molar-refractivity contribution is 0.0910. The largest absolute Gasteiger partial charge is 0.394 e. The number of urea groups is 1. The first-order chi connectivity index (χ1) is 9.54. The van der Waals surface area contributed by atoms with Crippen LogP contribution in [0.5, 0.6) is 0 Å². The van der Waals surface area contributed by atoms with Crippen LogP contribution in [0, 0.1) is 20.8 Å². The zero-order chi connectivity index (χ0) is 15.0. The van der Waals surface area contributed by atoms with E-state index in [0.29, 0.717) is 19.8 Å². The van der Waals surface area contributed by atoms with Gasteiger partial charge in [0.2, 0.25) is 0 Å². The number of ether oxygens (including phenoxy) is 1. The molecule has 0 aliphatic carbocycles. The fourth-order valence-corrected chi connectivity index (χ4v) is 2.08. The zero-order valence-corrected chi connectivity index (χ0v) is 12.5. The van der Waals surface area contributed by atoms with Gasteiger partial charge >= 0.3 is 6.03 Å². The Morgan fingerprint density at radius 3 is 2.45 bits per heavy atom. The van der Waals surface area contributed by atoms with Crippen molar-refractivity contribution in [3.8, 4) is 0 Å². The fourth-order valence-electron chi connectivity index (χ4n) is 2.08. The van der Waals surface area contributed by atoms with Crippen LogP contribution in [0.15, 0.2) is 12.1 Å². The van der Waals surface area contributed by atoms with E-state index >= 15 is 0 Å². The number of carbonyl (C=O) groups excluding carboxylic acids is 1. The average molecular weight is 280 g/mol. The molecule has 0 saturated carbocycles. The maximum absolute atomic E-state index is 11.8. The van der Waals surface area contributed by atoms with Crippen molar-refractivity contribution in [3.63, 3.8) is 0 Å². The van der Waals surface area contributed by atoms with Crippen molar-refractivity contribution in [2.75, 3.05) is 31.7 Å². The third-order valence-electron chi connectivity index (χ3n) is 2.90. The summed E-state index contributed by atoms with van der Waals surface area (Å²) in [5.41, 5.74) is 4.17. The number of nitrogens with one attached hydrogen (secondary N) is 2. The molecule has 0 unspecified atom stereocenters. The number of hydrogen-bond acceptors (Lipinski definition) is 3. The van der Waals surface area contributed by atoms with Gasteiger partial charge in [0.1, 0.15) is 0 Å². The van der Waals surface area contributed by atoms with E-state index in [1.807, 2.05) is 32.9 Å². The van der Waals surface area contributed by atoms with Gasteiger partial charge in [0.05, 0.1) is 13.2 Å². The van der Waals surface area contributed by atoms with E-state index in [1.165, 1.54) is 5.56 Å². The molecule has 5 heteroatoms. The number of carbonyl (C=O) groups is 1. The summed E-state index contributed by atoms with van der Waals surface area (Å²) < 4.78 is 5.11. The molecule has 0 aliphatic heterocycles. The predicted molar refractivity (Wildman–Crippen MR) is 80.2 cm³/mol. The second-order valence-corrected chi connectivity index (χ2v) is 4.84. The van der Waals surface area contributed by atoms with E-state index in [1.54, 1.807) is 0 Å². The smallest absolute Gasteiger partial charge is 0.319 e. The Kier molecular flexibility index (Phi) is 7.04. The zero-order valence-electron chi connectivity index (χ0n) is 12.5. The minimum absolute atomic E-state index is 0.0277. The number of aliphatic hydroxyl groups excluding tert-OH is 1. The number of amides is 2. The number of hydrogen-bond donors (Lipinski definition) is 3. The van der Waals surface area contributed by atoms with Crippen molar-refractivity contribution >= 4 is 11.7 Å². The van der Waals surface area contributed by atoms with E-state index in [4.69, 9.17) is 9.84 Å². The molecular weight excluding hydrogens is 256 g/mol. The molecule has 20 heavy (non-hydrogen) atoms. The van der Waals surface area contributed by atoms with Gasteiger partial charge in [-0.1, -0.05) is 17.7 Å². The van der Waals surface area contributed by atoms with Gasteiger partial charge in [-0.05, 0) is 38.3 Å². The number of aryl methyl sites for hydroxylation is 3. The van der Waals surface area contributed by atoms with E-state index in [0.717, 1.165) is 23.2 Å². The van der Waals surface area contributed by atoms with E-state index in [-0.39, 0.29) is 12.6 Å². The molecule has 1 aromatic rings. The number of aliphatic hydroxyl groups is 1. The van der Waals surface area contributed by atoms with Crippen molar-refractivity contribution in [1.82, 2.24) is 5.32 Å². The Bertz CT molecular complexity index is 424. The van der Waals surface area contributed by atoms with Crippen LogP contribution in [0.1, 0.15) is 23.1 Å². The van der Waals surface area contributed by atoms with Gasteiger partial charge in [-0.3, -0.25) is 0 Å². The fraction of sp³-hybridized carbons (Fsp3) is 0.533. The van der Waals surface area contributed by atoms with Crippen molar-refractivity contribution in [2.45, 2.75) is 27.2 Å². The van der Waals surface area contributed by atoms with Crippen molar-refractivity contribution in [3.05, 3.63) is 28.8 Å². The monoisotopic (exact) mass is 280 g/mol. The molecule has 1 rings (SSSR count). The van der Waals surface area contributed by atoms with E-state index in [9.17, 15) is 4.79 Å². The summed E-state index contributed by atoms with van der Waals surface area (Å²) in [6.07, 6.45) is 0.722.